The molecule has 9 heteroatoms. The number of hydrogen-bond donors (Lipinski definition) is 1. The summed E-state index contributed by atoms with van der Waals surface area (Å²) in [7, 11) is -0.965. The van der Waals surface area contributed by atoms with E-state index in [1.807, 2.05) is 12.1 Å². The molecule has 3 rings (SSSR count). The van der Waals surface area contributed by atoms with Gasteiger partial charge < -0.3 is 14.6 Å². The number of ether oxygens (including phenoxy) is 2. The Morgan fingerprint density at radius 1 is 0.861 bits per heavy atom. The van der Waals surface area contributed by atoms with Crippen LogP contribution in [-0.2, 0) is 23.1 Å². The highest BCUT2D eigenvalue weighted by Gasteiger charge is 2.35. The summed E-state index contributed by atoms with van der Waals surface area (Å²) in [6, 6.07) is 22.2. The predicted octanol–water partition coefficient (Wildman–Crippen LogP) is 3.90. The second-order valence-corrected chi connectivity index (χ2v) is 10.5. The highest BCUT2D eigenvalue weighted by atomic mass is 32.2. The molecule has 0 saturated heterocycles. The maximum Gasteiger partial charge on any atom is 0.220 e. The third-order valence-electron chi connectivity index (χ3n) is 5.93. The maximum atomic E-state index is 13.8. The average molecular weight is 506 g/mol. The number of hydrogen-bond acceptors (Lipinski definition) is 7. The first kappa shape index (κ1) is 26.7. The van der Waals surface area contributed by atoms with Crippen molar-refractivity contribution in [3.05, 3.63) is 94.5 Å². The fourth-order valence-electron chi connectivity index (χ4n) is 3.74. The number of rotatable bonds is 10. The van der Waals surface area contributed by atoms with Crippen LogP contribution in [0.3, 0.4) is 0 Å². The quantitative estimate of drug-likeness (QED) is 0.443. The van der Waals surface area contributed by atoms with E-state index in [0.29, 0.717) is 11.5 Å². The lowest BCUT2D eigenvalue weighted by molar-refractivity contribution is 0.172. The van der Waals surface area contributed by atoms with Crippen molar-refractivity contribution in [2.45, 2.75) is 31.4 Å². The topological polar surface area (TPSA) is 124 Å². The van der Waals surface area contributed by atoms with Gasteiger partial charge in [-0.2, -0.15) is 14.8 Å². The van der Waals surface area contributed by atoms with E-state index >= 15 is 0 Å². The van der Waals surface area contributed by atoms with Gasteiger partial charge >= 0.3 is 0 Å². The lowest BCUT2D eigenvalue weighted by Crippen LogP contribution is -2.39. The van der Waals surface area contributed by atoms with E-state index in [-0.39, 0.29) is 29.8 Å². The zero-order valence-corrected chi connectivity index (χ0v) is 21.1. The summed E-state index contributed by atoms with van der Waals surface area (Å²) < 4.78 is 39.3. The van der Waals surface area contributed by atoms with Crippen molar-refractivity contribution in [3.63, 3.8) is 0 Å². The molecule has 0 heterocycles. The van der Waals surface area contributed by atoms with Crippen molar-refractivity contribution in [1.29, 1.82) is 10.5 Å². The molecular weight excluding hydrogens is 478 g/mol. The van der Waals surface area contributed by atoms with Gasteiger partial charge in [-0.25, -0.2) is 8.42 Å². The van der Waals surface area contributed by atoms with Gasteiger partial charge in [0, 0.05) is 13.1 Å². The van der Waals surface area contributed by atoms with Crippen LogP contribution in [0.25, 0.3) is 0 Å². The largest absolute Gasteiger partial charge is 0.497 e. The Hall–Kier alpha value is -3.89. The zero-order chi connectivity index (χ0) is 26.3. The van der Waals surface area contributed by atoms with E-state index in [1.165, 1.54) is 29.4 Å². The van der Waals surface area contributed by atoms with Crippen LogP contribution in [0.5, 0.6) is 11.5 Å². The first-order chi connectivity index (χ1) is 17.2. The van der Waals surface area contributed by atoms with Crippen molar-refractivity contribution in [2.24, 2.45) is 0 Å². The molecule has 0 radical (unpaired) electrons. The SMILES string of the molecule is COc1ccc(CN(Cc2ccc(OC)cc2)S(=O)(=O)[C@H](C)[C@@H](O)c2ccc(C#N)cc2C#N)cc1. The third kappa shape index (κ3) is 6.02. The van der Waals surface area contributed by atoms with Crippen LogP contribution in [0.2, 0.25) is 0 Å². The normalized spacial score (nSPS) is 12.9. The maximum absolute atomic E-state index is 13.8. The molecule has 36 heavy (non-hydrogen) atoms. The van der Waals surface area contributed by atoms with Gasteiger partial charge in [-0.15, -0.1) is 0 Å². The van der Waals surface area contributed by atoms with Gasteiger partial charge in [0.05, 0.1) is 43.6 Å². The van der Waals surface area contributed by atoms with Gasteiger partial charge in [0.25, 0.3) is 0 Å². The number of sulfonamides is 1. The van der Waals surface area contributed by atoms with Crippen LogP contribution < -0.4 is 9.47 Å². The first-order valence-corrected chi connectivity index (χ1v) is 12.6. The van der Waals surface area contributed by atoms with Crippen LogP contribution >= 0.6 is 0 Å². The number of nitriles is 2. The van der Waals surface area contributed by atoms with Crippen molar-refractivity contribution >= 4 is 10.0 Å². The minimum Gasteiger partial charge on any atom is -0.497 e. The van der Waals surface area contributed by atoms with Crippen molar-refractivity contribution in [2.75, 3.05) is 14.2 Å². The molecule has 3 aromatic carbocycles. The van der Waals surface area contributed by atoms with Crippen LogP contribution in [-0.4, -0.2) is 37.3 Å². The van der Waals surface area contributed by atoms with Gasteiger partial charge in [0.2, 0.25) is 10.0 Å². The molecule has 186 valence electrons. The Labute approximate surface area is 211 Å². The molecule has 1 N–H and O–H groups in total. The van der Waals surface area contributed by atoms with E-state index in [1.54, 1.807) is 62.8 Å². The molecule has 0 amide bonds. The first-order valence-electron chi connectivity index (χ1n) is 11.1. The molecule has 3 aromatic rings. The summed E-state index contributed by atoms with van der Waals surface area (Å²) in [4.78, 5) is 0. The lowest BCUT2D eigenvalue weighted by Gasteiger charge is -2.29. The fraction of sp³-hybridized carbons (Fsp3) is 0.259. The fourth-order valence-corrected chi connectivity index (χ4v) is 5.34. The molecule has 0 aliphatic carbocycles. The standard InChI is InChI=1S/C27H27N3O5S/c1-19(27(31)26-13-8-22(15-28)14-23(26)16-29)36(32,33)30(17-20-4-9-24(34-2)10-5-20)18-21-6-11-25(35-3)12-7-21/h4-14,19,27,31H,17-18H2,1-3H3/t19-,27-/m1/s1. The molecule has 0 saturated carbocycles. The van der Waals surface area contributed by atoms with Crippen molar-refractivity contribution < 1.29 is 23.0 Å². The highest BCUT2D eigenvalue weighted by molar-refractivity contribution is 7.89. The third-order valence-corrected chi connectivity index (χ3v) is 8.11. The Morgan fingerprint density at radius 2 is 1.36 bits per heavy atom. The van der Waals surface area contributed by atoms with E-state index in [4.69, 9.17) is 14.7 Å². The molecular formula is C27H27N3O5S. The van der Waals surface area contributed by atoms with Gasteiger partial charge in [0.15, 0.2) is 0 Å². The molecule has 8 nitrogen and oxygen atoms in total. The lowest BCUT2D eigenvalue weighted by atomic mass is 9.99. The number of aliphatic hydroxyl groups excluding tert-OH is 1. The number of methoxy groups -OCH3 is 2. The van der Waals surface area contributed by atoms with Gasteiger partial charge in [-0.3, -0.25) is 0 Å². The van der Waals surface area contributed by atoms with E-state index < -0.39 is 21.4 Å². The van der Waals surface area contributed by atoms with Crippen LogP contribution in [0.4, 0.5) is 0 Å². The summed E-state index contributed by atoms with van der Waals surface area (Å²) in [6.07, 6.45) is -1.48. The van der Waals surface area contributed by atoms with Gasteiger partial charge in [-0.05, 0) is 60.0 Å². The minimum absolute atomic E-state index is 0.0560. The van der Waals surface area contributed by atoms with Crippen LogP contribution in [0.1, 0.15) is 40.8 Å². The zero-order valence-electron chi connectivity index (χ0n) is 20.2. The van der Waals surface area contributed by atoms with Gasteiger partial charge in [-0.1, -0.05) is 30.3 Å². The molecule has 0 aliphatic rings. The summed E-state index contributed by atoms with van der Waals surface area (Å²) in [5.41, 5.74) is 1.94. The molecule has 0 fully saturated rings. The molecule has 0 aliphatic heterocycles. The summed E-state index contributed by atoms with van der Waals surface area (Å²) in [5, 5.41) is 28.4. The average Bonchev–Trinajstić information content (AvgIpc) is 2.92. The molecule has 0 bridgehead atoms. The molecule has 0 unspecified atom stereocenters. The molecule has 2 atom stereocenters. The second-order valence-electron chi connectivity index (χ2n) is 8.18. The van der Waals surface area contributed by atoms with E-state index in [9.17, 15) is 18.8 Å². The number of nitrogens with zero attached hydrogens (tertiary/aromatic N) is 3. The Kier molecular flexibility index (Phi) is 8.68. The Morgan fingerprint density at radius 3 is 1.78 bits per heavy atom. The summed E-state index contributed by atoms with van der Waals surface area (Å²) >= 11 is 0. The second kappa shape index (κ2) is 11.7. The summed E-state index contributed by atoms with van der Waals surface area (Å²) in [5.74, 6) is 1.30. The minimum atomic E-state index is -4.07. The van der Waals surface area contributed by atoms with Crippen molar-refractivity contribution in [1.82, 2.24) is 4.31 Å². The predicted molar refractivity (Wildman–Crippen MR) is 134 cm³/mol. The summed E-state index contributed by atoms with van der Waals surface area (Å²) in [6.45, 7) is 1.54. The van der Waals surface area contributed by atoms with Crippen molar-refractivity contribution in [3.8, 4) is 23.6 Å². The van der Waals surface area contributed by atoms with Gasteiger partial charge in [0.1, 0.15) is 16.7 Å². The van der Waals surface area contributed by atoms with Crippen LogP contribution in [0.15, 0.2) is 66.7 Å². The number of aliphatic hydroxyl groups is 1. The number of benzene rings is 3. The Balaban J connectivity index is 1.96. The monoisotopic (exact) mass is 505 g/mol. The Bertz CT molecular complexity index is 1330. The molecule has 0 aromatic heterocycles. The smallest absolute Gasteiger partial charge is 0.220 e. The van der Waals surface area contributed by atoms with E-state index in [2.05, 4.69) is 0 Å². The highest BCUT2D eigenvalue weighted by Crippen LogP contribution is 2.29. The van der Waals surface area contributed by atoms with E-state index in [0.717, 1.165) is 11.1 Å². The molecule has 0 spiro atoms. The van der Waals surface area contributed by atoms with Crippen LogP contribution in [0, 0.1) is 22.7 Å².